The molecular formula is C16H29N3O. The standard InChI is InChI=1S/C16H29N3O/c1-4-7-13(8-5-2)14-18-15(19-20-14)16(17)10-6-9-12(3)11-16/h12-13H,4-11,17H2,1-3H3. The van der Waals surface area contributed by atoms with E-state index < -0.39 is 0 Å². The van der Waals surface area contributed by atoms with Crippen LogP contribution >= 0.6 is 0 Å². The summed E-state index contributed by atoms with van der Waals surface area (Å²) in [6.07, 6.45) is 8.89. The van der Waals surface area contributed by atoms with Crippen LogP contribution in [0.5, 0.6) is 0 Å². The molecule has 0 saturated heterocycles. The molecule has 0 bridgehead atoms. The van der Waals surface area contributed by atoms with Crippen LogP contribution in [0.4, 0.5) is 0 Å². The Morgan fingerprint density at radius 1 is 1.35 bits per heavy atom. The van der Waals surface area contributed by atoms with Crippen LogP contribution in [0.2, 0.25) is 0 Å². The predicted octanol–water partition coefficient (Wildman–Crippen LogP) is 4.12. The monoisotopic (exact) mass is 279 g/mol. The lowest BCUT2D eigenvalue weighted by Crippen LogP contribution is -2.42. The molecule has 2 rings (SSSR count). The minimum atomic E-state index is -0.373. The molecule has 1 aliphatic carbocycles. The van der Waals surface area contributed by atoms with Crippen molar-refractivity contribution in [1.82, 2.24) is 10.1 Å². The van der Waals surface area contributed by atoms with Crippen LogP contribution in [-0.2, 0) is 5.54 Å². The molecule has 1 aromatic rings. The fourth-order valence-electron chi connectivity index (χ4n) is 3.49. The van der Waals surface area contributed by atoms with Crippen LogP contribution in [0.25, 0.3) is 0 Å². The zero-order chi connectivity index (χ0) is 14.6. The minimum absolute atomic E-state index is 0.373. The Labute approximate surface area is 122 Å². The summed E-state index contributed by atoms with van der Waals surface area (Å²) in [5.74, 6) is 2.58. The molecule has 0 spiro atoms. The topological polar surface area (TPSA) is 64.9 Å². The van der Waals surface area contributed by atoms with Gasteiger partial charge in [0.15, 0.2) is 5.82 Å². The lowest BCUT2D eigenvalue weighted by molar-refractivity contribution is 0.221. The minimum Gasteiger partial charge on any atom is -0.339 e. The van der Waals surface area contributed by atoms with Gasteiger partial charge >= 0.3 is 0 Å². The average Bonchev–Trinajstić information content (AvgIpc) is 2.88. The van der Waals surface area contributed by atoms with Gasteiger partial charge < -0.3 is 10.3 Å². The lowest BCUT2D eigenvalue weighted by atomic mass is 9.76. The average molecular weight is 279 g/mol. The van der Waals surface area contributed by atoms with E-state index in [1.165, 1.54) is 6.42 Å². The Bertz CT molecular complexity index is 412. The summed E-state index contributed by atoms with van der Waals surface area (Å²) in [6.45, 7) is 6.67. The summed E-state index contributed by atoms with van der Waals surface area (Å²) in [6, 6.07) is 0. The molecule has 1 fully saturated rings. The molecule has 0 amide bonds. The number of aromatic nitrogens is 2. The fourth-order valence-corrected chi connectivity index (χ4v) is 3.49. The maximum atomic E-state index is 6.55. The van der Waals surface area contributed by atoms with Gasteiger partial charge in [0.1, 0.15) is 0 Å². The first-order valence-corrected chi connectivity index (χ1v) is 8.22. The van der Waals surface area contributed by atoms with Crippen LogP contribution in [0.15, 0.2) is 4.52 Å². The number of nitrogens with zero attached hydrogens (tertiary/aromatic N) is 2. The Morgan fingerprint density at radius 3 is 2.65 bits per heavy atom. The third-order valence-corrected chi connectivity index (χ3v) is 4.54. The van der Waals surface area contributed by atoms with Crippen LogP contribution < -0.4 is 5.73 Å². The zero-order valence-electron chi connectivity index (χ0n) is 13.2. The van der Waals surface area contributed by atoms with Crippen molar-refractivity contribution in [3.05, 3.63) is 11.7 Å². The molecule has 4 heteroatoms. The van der Waals surface area contributed by atoms with Gasteiger partial charge in [-0.1, -0.05) is 51.6 Å². The van der Waals surface area contributed by atoms with Gasteiger partial charge in [-0.2, -0.15) is 4.98 Å². The number of hydrogen-bond acceptors (Lipinski definition) is 4. The van der Waals surface area contributed by atoms with Crippen molar-refractivity contribution in [3.63, 3.8) is 0 Å². The molecule has 1 saturated carbocycles. The van der Waals surface area contributed by atoms with Crippen molar-refractivity contribution < 1.29 is 4.52 Å². The SMILES string of the molecule is CCCC(CCC)c1nc(C2(N)CCCC(C)C2)no1. The van der Waals surface area contributed by atoms with E-state index in [1.54, 1.807) is 0 Å². The van der Waals surface area contributed by atoms with Crippen LogP contribution in [0.3, 0.4) is 0 Å². The molecule has 0 radical (unpaired) electrons. The second-order valence-electron chi connectivity index (χ2n) is 6.59. The maximum Gasteiger partial charge on any atom is 0.229 e. The van der Waals surface area contributed by atoms with Crippen LogP contribution in [0, 0.1) is 5.92 Å². The lowest BCUT2D eigenvalue weighted by Gasteiger charge is -2.33. The normalized spacial score (nSPS) is 27.1. The summed E-state index contributed by atoms with van der Waals surface area (Å²) in [5, 5.41) is 4.22. The molecule has 0 aromatic carbocycles. The molecule has 20 heavy (non-hydrogen) atoms. The van der Waals surface area contributed by atoms with E-state index in [0.29, 0.717) is 11.8 Å². The Morgan fingerprint density at radius 2 is 2.05 bits per heavy atom. The summed E-state index contributed by atoms with van der Waals surface area (Å²) in [7, 11) is 0. The molecule has 2 N–H and O–H groups in total. The molecule has 1 heterocycles. The molecule has 4 nitrogen and oxygen atoms in total. The van der Waals surface area contributed by atoms with Gasteiger partial charge in [-0.15, -0.1) is 0 Å². The highest BCUT2D eigenvalue weighted by atomic mass is 16.5. The van der Waals surface area contributed by atoms with Crippen LogP contribution in [0.1, 0.15) is 89.8 Å². The summed E-state index contributed by atoms with van der Waals surface area (Å²) in [5.41, 5.74) is 6.17. The van der Waals surface area contributed by atoms with Crippen molar-refractivity contribution in [2.75, 3.05) is 0 Å². The van der Waals surface area contributed by atoms with Gasteiger partial charge in [0, 0.05) is 5.92 Å². The first-order valence-electron chi connectivity index (χ1n) is 8.22. The van der Waals surface area contributed by atoms with Gasteiger partial charge in [-0.05, 0) is 31.6 Å². The molecule has 0 aliphatic heterocycles. The predicted molar refractivity (Wildman–Crippen MR) is 80.4 cm³/mol. The van der Waals surface area contributed by atoms with Gasteiger partial charge in [0.05, 0.1) is 5.54 Å². The maximum absolute atomic E-state index is 6.55. The first-order chi connectivity index (χ1) is 9.59. The van der Waals surface area contributed by atoms with Gasteiger partial charge in [-0.25, -0.2) is 0 Å². The second kappa shape index (κ2) is 6.70. The van der Waals surface area contributed by atoms with Crippen molar-refractivity contribution >= 4 is 0 Å². The second-order valence-corrected chi connectivity index (χ2v) is 6.59. The summed E-state index contributed by atoms with van der Waals surface area (Å²) < 4.78 is 5.54. The van der Waals surface area contributed by atoms with E-state index in [-0.39, 0.29) is 5.54 Å². The van der Waals surface area contributed by atoms with Crippen molar-refractivity contribution in [3.8, 4) is 0 Å². The van der Waals surface area contributed by atoms with E-state index in [1.807, 2.05) is 0 Å². The van der Waals surface area contributed by atoms with Gasteiger partial charge in [0.25, 0.3) is 0 Å². The van der Waals surface area contributed by atoms with E-state index in [9.17, 15) is 0 Å². The fraction of sp³-hybridized carbons (Fsp3) is 0.875. The summed E-state index contributed by atoms with van der Waals surface area (Å²) in [4.78, 5) is 4.67. The quantitative estimate of drug-likeness (QED) is 0.850. The number of rotatable bonds is 6. The molecule has 1 aromatic heterocycles. The molecule has 2 atom stereocenters. The smallest absolute Gasteiger partial charge is 0.229 e. The van der Waals surface area contributed by atoms with E-state index in [4.69, 9.17) is 10.3 Å². The van der Waals surface area contributed by atoms with Gasteiger partial charge in [-0.3, -0.25) is 0 Å². The molecule has 2 unspecified atom stereocenters. The first kappa shape index (κ1) is 15.5. The molecule has 1 aliphatic rings. The largest absolute Gasteiger partial charge is 0.339 e. The van der Waals surface area contributed by atoms with Crippen molar-refractivity contribution in [2.24, 2.45) is 11.7 Å². The Balaban J connectivity index is 2.14. The third kappa shape index (κ3) is 3.40. The van der Waals surface area contributed by atoms with E-state index in [2.05, 4.69) is 30.9 Å². The van der Waals surface area contributed by atoms with Crippen molar-refractivity contribution in [2.45, 2.75) is 83.6 Å². The highest BCUT2D eigenvalue weighted by Crippen LogP contribution is 2.37. The van der Waals surface area contributed by atoms with E-state index >= 15 is 0 Å². The van der Waals surface area contributed by atoms with Crippen LogP contribution in [-0.4, -0.2) is 10.1 Å². The summed E-state index contributed by atoms with van der Waals surface area (Å²) >= 11 is 0. The third-order valence-electron chi connectivity index (χ3n) is 4.54. The highest BCUT2D eigenvalue weighted by Gasteiger charge is 2.37. The molecular weight excluding hydrogens is 250 g/mol. The van der Waals surface area contributed by atoms with E-state index in [0.717, 1.165) is 56.7 Å². The molecule has 114 valence electrons. The highest BCUT2D eigenvalue weighted by molar-refractivity contribution is 5.07. The van der Waals surface area contributed by atoms with Crippen molar-refractivity contribution in [1.29, 1.82) is 0 Å². The Hall–Kier alpha value is -0.900. The zero-order valence-corrected chi connectivity index (χ0v) is 13.2. The Kier molecular flexibility index (Phi) is 5.19. The van der Waals surface area contributed by atoms with Gasteiger partial charge in [0.2, 0.25) is 5.89 Å². The number of hydrogen-bond donors (Lipinski definition) is 1. The number of nitrogens with two attached hydrogens (primary N) is 1.